The number of fused-ring (bicyclic) bond motifs is 1. The molecule has 0 spiro atoms. The standard InChI is InChI=1S/C21H25N3O/c1-3-12-25-20-11-7-5-9-17(20)14-23-21(22-2)24-15-18-13-16-8-4-6-10-19(16)18/h3-11,18H,1,12-15H2,2H3,(H2,22,23,24). The summed E-state index contributed by atoms with van der Waals surface area (Å²) in [6.07, 6.45) is 2.89. The SMILES string of the molecule is C=CCOc1ccccc1CNC(=NC)NCC1Cc2ccccc21. The van der Waals surface area contributed by atoms with Crippen LogP contribution in [0.25, 0.3) is 0 Å². The number of rotatable bonds is 7. The average Bonchev–Trinajstić information content (AvgIpc) is 2.64. The van der Waals surface area contributed by atoms with Crippen molar-refractivity contribution in [3.8, 4) is 5.75 Å². The smallest absolute Gasteiger partial charge is 0.191 e. The molecule has 0 fully saturated rings. The van der Waals surface area contributed by atoms with E-state index in [1.807, 2.05) is 18.2 Å². The zero-order chi connectivity index (χ0) is 17.5. The molecule has 3 rings (SSSR count). The highest BCUT2D eigenvalue weighted by atomic mass is 16.5. The van der Waals surface area contributed by atoms with Crippen LogP contribution in [0.2, 0.25) is 0 Å². The number of benzene rings is 2. The Bertz CT molecular complexity index is 754. The summed E-state index contributed by atoms with van der Waals surface area (Å²) in [5, 5.41) is 6.79. The molecule has 0 aromatic heterocycles. The molecular formula is C21H25N3O. The van der Waals surface area contributed by atoms with Gasteiger partial charge in [0.2, 0.25) is 0 Å². The molecule has 1 unspecified atom stereocenters. The molecule has 1 aliphatic rings. The van der Waals surface area contributed by atoms with Crippen molar-refractivity contribution in [3.05, 3.63) is 77.9 Å². The number of ether oxygens (including phenoxy) is 1. The second-order valence-corrected chi connectivity index (χ2v) is 6.11. The molecule has 4 heteroatoms. The first-order valence-electron chi connectivity index (χ1n) is 8.65. The van der Waals surface area contributed by atoms with Gasteiger partial charge in [-0.2, -0.15) is 0 Å². The minimum absolute atomic E-state index is 0.505. The molecule has 2 aromatic rings. The zero-order valence-corrected chi connectivity index (χ0v) is 14.7. The van der Waals surface area contributed by atoms with Gasteiger partial charge in [-0.3, -0.25) is 4.99 Å². The average molecular weight is 335 g/mol. The first-order valence-corrected chi connectivity index (χ1v) is 8.65. The second-order valence-electron chi connectivity index (χ2n) is 6.11. The van der Waals surface area contributed by atoms with Gasteiger partial charge in [0.15, 0.2) is 5.96 Å². The fourth-order valence-corrected chi connectivity index (χ4v) is 3.10. The van der Waals surface area contributed by atoms with Crippen LogP contribution >= 0.6 is 0 Å². The van der Waals surface area contributed by atoms with Crippen LogP contribution in [-0.2, 0) is 13.0 Å². The zero-order valence-electron chi connectivity index (χ0n) is 14.7. The topological polar surface area (TPSA) is 45.6 Å². The monoisotopic (exact) mass is 335 g/mol. The molecule has 25 heavy (non-hydrogen) atoms. The van der Waals surface area contributed by atoms with Crippen molar-refractivity contribution in [2.45, 2.75) is 18.9 Å². The van der Waals surface area contributed by atoms with E-state index >= 15 is 0 Å². The summed E-state index contributed by atoms with van der Waals surface area (Å²) in [4.78, 5) is 4.32. The van der Waals surface area contributed by atoms with E-state index in [2.05, 4.69) is 52.5 Å². The summed E-state index contributed by atoms with van der Waals surface area (Å²) in [7, 11) is 1.80. The molecule has 4 nitrogen and oxygen atoms in total. The lowest BCUT2D eigenvalue weighted by molar-refractivity contribution is 0.358. The Labute approximate surface area is 149 Å². The minimum Gasteiger partial charge on any atom is -0.489 e. The van der Waals surface area contributed by atoms with Crippen LogP contribution in [0.4, 0.5) is 0 Å². The largest absolute Gasteiger partial charge is 0.489 e. The van der Waals surface area contributed by atoms with E-state index in [4.69, 9.17) is 4.74 Å². The number of nitrogens with one attached hydrogen (secondary N) is 2. The predicted molar refractivity (Wildman–Crippen MR) is 103 cm³/mol. The highest BCUT2D eigenvalue weighted by Crippen LogP contribution is 2.33. The van der Waals surface area contributed by atoms with Crippen LogP contribution in [0, 0.1) is 0 Å². The van der Waals surface area contributed by atoms with Crippen LogP contribution in [0.5, 0.6) is 5.75 Å². The van der Waals surface area contributed by atoms with E-state index in [0.29, 0.717) is 19.1 Å². The second kappa shape index (κ2) is 8.38. The lowest BCUT2D eigenvalue weighted by Gasteiger charge is -2.30. The molecular weight excluding hydrogens is 310 g/mol. The van der Waals surface area contributed by atoms with Crippen molar-refractivity contribution >= 4 is 5.96 Å². The fourth-order valence-electron chi connectivity index (χ4n) is 3.10. The van der Waals surface area contributed by atoms with Crippen molar-refractivity contribution in [2.75, 3.05) is 20.2 Å². The molecule has 130 valence electrons. The molecule has 0 bridgehead atoms. The van der Waals surface area contributed by atoms with Gasteiger partial charge in [-0.05, 0) is 23.6 Å². The van der Waals surface area contributed by atoms with Crippen molar-refractivity contribution in [2.24, 2.45) is 4.99 Å². The molecule has 1 aliphatic carbocycles. The van der Waals surface area contributed by atoms with Gasteiger partial charge >= 0.3 is 0 Å². The molecule has 1 atom stereocenters. The maximum atomic E-state index is 5.70. The number of guanidine groups is 1. The number of hydrogen-bond donors (Lipinski definition) is 2. The third kappa shape index (κ3) is 4.21. The Balaban J connectivity index is 1.51. The van der Waals surface area contributed by atoms with Crippen LogP contribution in [-0.4, -0.2) is 26.2 Å². The fraction of sp³-hybridized carbons (Fsp3) is 0.286. The first kappa shape index (κ1) is 17.1. The van der Waals surface area contributed by atoms with E-state index in [9.17, 15) is 0 Å². The maximum absolute atomic E-state index is 5.70. The van der Waals surface area contributed by atoms with E-state index in [1.54, 1.807) is 13.1 Å². The van der Waals surface area contributed by atoms with E-state index in [0.717, 1.165) is 30.2 Å². The summed E-state index contributed by atoms with van der Waals surface area (Å²) in [5.74, 6) is 2.25. The van der Waals surface area contributed by atoms with E-state index < -0.39 is 0 Å². The van der Waals surface area contributed by atoms with Gasteiger partial charge in [-0.1, -0.05) is 55.1 Å². The van der Waals surface area contributed by atoms with Crippen molar-refractivity contribution < 1.29 is 4.74 Å². The lowest BCUT2D eigenvalue weighted by atomic mass is 9.78. The van der Waals surface area contributed by atoms with Crippen molar-refractivity contribution in [1.29, 1.82) is 0 Å². The van der Waals surface area contributed by atoms with E-state index in [1.165, 1.54) is 11.1 Å². The number of aliphatic imine (C=N–C) groups is 1. The molecule has 0 saturated carbocycles. The normalized spacial score (nSPS) is 15.7. The molecule has 0 saturated heterocycles. The van der Waals surface area contributed by atoms with Crippen LogP contribution < -0.4 is 15.4 Å². The highest BCUT2D eigenvalue weighted by molar-refractivity contribution is 5.79. The summed E-state index contributed by atoms with van der Waals surface area (Å²) in [6, 6.07) is 16.7. The van der Waals surface area contributed by atoms with Crippen LogP contribution in [0.15, 0.2) is 66.2 Å². The highest BCUT2D eigenvalue weighted by Gasteiger charge is 2.25. The quantitative estimate of drug-likeness (QED) is 0.464. The van der Waals surface area contributed by atoms with Gasteiger partial charge in [0.25, 0.3) is 0 Å². The molecule has 0 radical (unpaired) electrons. The van der Waals surface area contributed by atoms with Gasteiger partial charge in [0.1, 0.15) is 12.4 Å². The summed E-state index contributed by atoms with van der Waals surface area (Å²) in [6.45, 7) is 5.75. The third-order valence-corrected chi connectivity index (χ3v) is 4.48. The summed E-state index contributed by atoms with van der Waals surface area (Å²) < 4.78 is 5.70. The van der Waals surface area contributed by atoms with Crippen molar-refractivity contribution in [3.63, 3.8) is 0 Å². The Morgan fingerprint density at radius 1 is 1.20 bits per heavy atom. The minimum atomic E-state index is 0.505. The lowest BCUT2D eigenvalue weighted by Crippen LogP contribution is -2.40. The number of nitrogens with zero attached hydrogens (tertiary/aromatic N) is 1. The Hall–Kier alpha value is -2.75. The summed E-state index contributed by atoms with van der Waals surface area (Å²) >= 11 is 0. The van der Waals surface area contributed by atoms with Gasteiger partial charge in [0, 0.05) is 31.6 Å². The number of para-hydroxylation sites is 1. The van der Waals surface area contributed by atoms with Crippen LogP contribution in [0.1, 0.15) is 22.6 Å². The Morgan fingerprint density at radius 2 is 2.00 bits per heavy atom. The van der Waals surface area contributed by atoms with Crippen LogP contribution in [0.3, 0.4) is 0 Å². The third-order valence-electron chi connectivity index (χ3n) is 4.48. The number of hydrogen-bond acceptors (Lipinski definition) is 2. The molecule has 0 amide bonds. The molecule has 2 N–H and O–H groups in total. The van der Waals surface area contributed by atoms with Gasteiger partial charge in [-0.15, -0.1) is 0 Å². The van der Waals surface area contributed by atoms with Crippen molar-refractivity contribution in [1.82, 2.24) is 10.6 Å². The molecule has 2 aromatic carbocycles. The van der Waals surface area contributed by atoms with E-state index in [-0.39, 0.29) is 0 Å². The Morgan fingerprint density at radius 3 is 2.80 bits per heavy atom. The van der Waals surface area contributed by atoms with Gasteiger partial charge in [-0.25, -0.2) is 0 Å². The Kier molecular flexibility index (Phi) is 5.73. The van der Waals surface area contributed by atoms with Gasteiger partial charge < -0.3 is 15.4 Å². The first-order chi connectivity index (χ1) is 12.3. The van der Waals surface area contributed by atoms with Gasteiger partial charge in [0.05, 0.1) is 0 Å². The molecule has 0 aliphatic heterocycles. The summed E-state index contributed by atoms with van der Waals surface area (Å²) in [5.41, 5.74) is 4.01. The maximum Gasteiger partial charge on any atom is 0.191 e. The predicted octanol–water partition coefficient (Wildman–Crippen LogP) is 3.26. The molecule has 0 heterocycles.